The van der Waals surface area contributed by atoms with Crippen LogP contribution in [0.5, 0.6) is 0 Å². The fraction of sp³-hybridized carbons (Fsp3) is 0. The van der Waals surface area contributed by atoms with Gasteiger partial charge in [0.05, 0.1) is 10.7 Å². The van der Waals surface area contributed by atoms with Gasteiger partial charge in [0.1, 0.15) is 5.65 Å². The molecule has 2 heterocycles. The van der Waals surface area contributed by atoms with Gasteiger partial charge in [0.15, 0.2) is 0 Å². The van der Waals surface area contributed by atoms with Crippen LogP contribution in [0.1, 0.15) is 0 Å². The summed E-state index contributed by atoms with van der Waals surface area (Å²) in [6.45, 7) is 0. The average Bonchev–Trinajstić information content (AvgIpc) is 2.73. The van der Waals surface area contributed by atoms with E-state index in [1.54, 1.807) is 0 Å². The standard InChI is InChI=1S/C13H9ClN2.BrH/c14-11-6-2-1-5-10(11)12-9-16-8-4-3-7-13(16)15-12;/h1-9H;1H/p-1. The van der Waals surface area contributed by atoms with Crippen LogP contribution in [-0.2, 0) is 0 Å². The van der Waals surface area contributed by atoms with Gasteiger partial charge in [-0.05, 0) is 18.2 Å². The Hall–Kier alpha value is -1.32. The number of imidazole rings is 1. The average molecular weight is 309 g/mol. The van der Waals surface area contributed by atoms with Crippen molar-refractivity contribution in [1.29, 1.82) is 0 Å². The van der Waals surface area contributed by atoms with E-state index in [2.05, 4.69) is 4.98 Å². The number of halogens is 2. The molecule has 0 saturated carbocycles. The van der Waals surface area contributed by atoms with Crippen molar-refractivity contribution in [3.05, 3.63) is 59.9 Å². The molecule has 86 valence electrons. The topological polar surface area (TPSA) is 17.3 Å². The van der Waals surface area contributed by atoms with E-state index in [1.165, 1.54) is 0 Å². The second-order valence-electron chi connectivity index (χ2n) is 3.57. The molecular weight excluding hydrogens is 300 g/mol. The Bertz CT molecular complexity index is 615. The SMILES string of the molecule is Clc1ccccc1-c1cn2ccccc2n1.[Br-]. The highest BCUT2D eigenvalue weighted by Gasteiger charge is 2.06. The van der Waals surface area contributed by atoms with Crippen molar-refractivity contribution in [3.8, 4) is 11.3 Å². The van der Waals surface area contributed by atoms with Crippen LogP contribution in [0.4, 0.5) is 0 Å². The maximum Gasteiger partial charge on any atom is 0.137 e. The Labute approximate surface area is 115 Å². The summed E-state index contributed by atoms with van der Waals surface area (Å²) in [6.07, 6.45) is 3.96. The number of pyridine rings is 1. The summed E-state index contributed by atoms with van der Waals surface area (Å²) in [5.74, 6) is 0. The zero-order valence-electron chi connectivity index (χ0n) is 8.85. The number of fused-ring (bicyclic) bond motifs is 1. The fourth-order valence-electron chi connectivity index (χ4n) is 1.73. The van der Waals surface area contributed by atoms with Crippen LogP contribution in [0.25, 0.3) is 16.9 Å². The zero-order chi connectivity index (χ0) is 11.0. The molecule has 0 radical (unpaired) electrons. The summed E-state index contributed by atoms with van der Waals surface area (Å²) in [6, 6.07) is 13.7. The summed E-state index contributed by atoms with van der Waals surface area (Å²) in [5.41, 5.74) is 2.79. The number of rotatable bonds is 1. The molecule has 3 rings (SSSR count). The number of nitrogens with zero attached hydrogens (tertiary/aromatic N) is 2. The molecule has 0 saturated heterocycles. The Morgan fingerprint density at radius 3 is 2.53 bits per heavy atom. The van der Waals surface area contributed by atoms with Crippen LogP contribution >= 0.6 is 11.6 Å². The van der Waals surface area contributed by atoms with Crippen molar-refractivity contribution < 1.29 is 17.0 Å². The van der Waals surface area contributed by atoms with Gasteiger partial charge in [0, 0.05) is 18.0 Å². The Kier molecular flexibility index (Phi) is 3.50. The van der Waals surface area contributed by atoms with Gasteiger partial charge in [-0.15, -0.1) is 0 Å². The van der Waals surface area contributed by atoms with Gasteiger partial charge < -0.3 is 21.4 Å². The van der Waals surface area contributed by atoms with E-state index in [0.29, 0.717) is 0 Å². The quantitative estimate of drug-likeness (QED) is 0.645. The van der Waals surface area contributed by atoms with Crippen LogP contribution < -0.4 is 17.0 Å². The summed E-state index contributed by atoms with van der Waals surface area (Å²) in [4.78, 5) is 4.52. The minimum Gasteiger partial charge on any atom is -1.00 e. The van der Waals surface area contributed by atoms with E-state index in [0.717, 1.165) is 21.9 Å². The van der Waals surface area contributed by atoms with Gasteiger partial charge >= 0.3 is 0 Å². The highest BCUT2D eigenvalue weighted by Crippen LogP contribution is 2.26. The van der Waals surface area contributed by atoms with E-state index in [4.69, 9.17) is 11.6 Å². The molecule has 0 aliphatic rings. The lowest BCUT2D eigenvalue weighted by atomic mass is 10.2. The van der Waals surface area contributed by atoms with Crippen molar-refractivity contribution in [2.24, 2.45) is 0 Å². The molecule has 0 aliphatic heterocycles. The van der Waals surface area contributed by atoms with Gasteiger partial charge in [-0.3, -0.25) is 0 Å². The molecule has 0 atom stereocenters. The third kappa shape index (κ3) is 2.21. The zero-order valence-corrected chi connectivity index (χ0v) is 11.2. The molecule has 0 amide bonds. The minimum atomic E-state index is 0. The van der Waals surface area contributed by atoms with Gasteiger partial charge in [-0.1, -0.05) is 35.9 Å². The van der Waals surface area contributed by atoms with Crippen LogP contribution in [0.15, 0.2) is 54.9 Å². The Balaban J connectivity index is 0.00000108. The van der Waals surface area contributed by atoms with E-state index in [1.807, 2.05) is 59.3 Å². The van der Waals surface area contributed by atoms with Gasteiger partial charge in [0.25, 0.3) is 0 Å². The maximum absolute atomic E-state index is 6.14. The second-order valence-corrected chi connectivity index (χ2v) is 3.98. The van der Waals surface area contributed by atoms with Crippen LogP contribution in [0.3, 0.4) is 0 Å². The highest BCUT2D eigenvalue weighted by molar-refractivity contribution is 6.33. The van der Waals surface area contributed by atoms with Crippen LogP contribution in [0, 0.1) is 0 Å². The first-order chi connectivity index (χ1) is 7.84. The number of hydrogen-bond donors (Lipinski definition) is 0. The molecule has 2 aromatic heterocycles. The first kappa shape index (κ1) is 12.1. The molecule has 0 bridgehead atoms. The fourth-order valence-corrected chi connectivity index (χ4v) is 1.97. The number of aromatic nitrogens is 2. The molecule has 17 heavy (non-hydrogen) atoms. The van der Waals surface area contributed by atoms with Crippen molar-refractivity contribution in [3.63, 3.8) is 0 Å². The lowest BCUT2D eigenvalue weighted by molar-refractivity contribution is -0.00000313. The predicted octanol–water partition coefficient (Wildman–Crippen LogP) is 0.659. The van der Waals surface area contributed by atoms with Crippen LogP contribution in [-0.4, -0.2) is 9.38 Å². The highest BCUT2D eigenvalue weighted by atomic mass is 79.9. The monoisotopic (exact) mass is 307 g/mol. The lowest BCUT2D eigenvalue weighted by Gasteiger charge is -1.97. The normalized spacial score (nSPS) is 10.2. The van der Waals surface area contributed by atoms with Crippen molar-refractivity contribution >= 4 is 17.2 Å². The van der Waals surface area contributed by atoms with Gasteiger partial charge in [0.2, 0.25) is 0 Å². The molecular formula is C13H9BrClN2-. The molecule has 0 spiro atoms. The van der Waals surface area contributed by atoms with Gasteiger partial charge in [-0.25, -0.2) is 4.98 Å². The first-order valence-electron chi connectivity index (χ1n) is 5.03. The summed E-state index contributed by atoms with van der Waals surface area (Å²) >= 11 is 6.14. The lowest BCUT2D eigenvalue weighted by Crippen LogP contribution is -3.00. The number of hydrogen-bond acceptors (Lipinski definition) is 1. The Morgan fingerprint density at radius 1 is 1.00 bits per heavy atom. The van der Waals surface area contributed by atoms with Crippen molar-refractivity contribution in [2.75, 3.05) is 0 Å². The van der Waals surface area contributed by atoms with E-state index >= 15 is 0 Å². The van der Waals surface area contributed by atoms with E-state index < -0.39 is 0 Å². The minimum absolute atomic E-state index is 0. The second kappa shape index (κ2) is 4.90. The predicted molar refractivity (Wildman–Crippen MR) is 65.6 cm³/mol. The molecule has 0 fully saturated rings. The smallest absolute Gasteiger partial charge is 0.137 e. The summed E-state index contributed by atoms with van der Waals surface area (Å²) in [7, 11) is 0. The van der Waals surface area contributed by atoms with E-state index in [9.17, 15) is 0 Å². The Morgan fingerprint density at radius 2 is 1.76 bits per heavy atom. The number of benzene rings is 1. The summed E-state index contributed by atoms with van der Waals surface area (Å²) < 4.78 is 1.98. The first-order valence-corrected chi connectivity index (χ1v) is 5.41. The maximum atomic E-state index is 6.14. The van der Waals surface area contributed by atoms with Crippen molar-refractivity contribution in [1.82, 2.24) is 9.38 Å². The largest absolute Gasteiger partial charge is 1.00 e. The molecule has 2 nitrogen and oxygen atoms in total. The molecule has 0 unspecified atom stereocenters. The molecule has 0 aliphatic carbocycles. The molecule has 3 aromatic rings. The van der Waals surface area contributed by atoms with E-state index in [-0.39, 0.29) is 17.0 Å². The molecule has 1 aromatic carbocycles. The molecule has 0 N–H and O–H groups in total. The third-order valence-corrected chi connectivity index (χ3v) is 2.84. The van der Waals surface area contributed by atoms with Gasteiger partial charge in [-0.2, -0.15) is 0 Å². The van der Waals surface area contributed by atoms with Crippen LogP contribution in [0.2, 0.25) is 5.02 Å². The molecule has 4 heteroatoms. The third-order valence-electron chi connectivity index (χ3n) is 2.51. The van der Waals surface area contributed by atoms with Crippen molar-refractivity contribution in [2.45, 2.75) is 0 Å². The summed E-state index contributed by atoms with van der Waals surface area (Å²) in [5, 5.41) is 0.728.